The number of halogens is 2. The molecule has 0 saturated carbocycles. The van der Waals surface area contributed by atoms with E-state index in [0.717, 1.165) is 3.57 Å². The number of hydrogen-bond donors (Lipinski definition) is 1. The van der Waals surface area contributed by atoms with E-state index >= 15 is 0 Å². The normalized spacial score (nSPS) is 10.4. The lowest BCUT2D eigenvalue weighted by atomic mass is 10.3. The maximum atomic E-state index is 5.86. The van der Waals surface area contributed by atoms with Gasteiger partial charge in [0.25, 0.3) is 0 Å². The maximum absolute atomic E-state index is 5.86. The van der Waals surface area contributed by atoms with Crippen LogP contribution in [0.3, 0.4) is 0 Å². The van der Waals surface area contributed by atoms with E-state index in [1.54, 1.807) is 18.4 Å². The van der Waals surface area contributed by atoms with Gasteiger partial charge in [-0.15, -0.1) is 0 Å². The molecule has 2 aromatic heterocycles. The van der Waals surface area contributed by atoms with Crippen molar-refractivity contribution in [2.75, 3.05) is 5.73 Å². The highest BCUT2D eigenvalue weighted by Gasteiger charge is 2.12. The van der Waals surface area contributed by atoms with E-state index in [2.05, 4.69) is 32.6 Å². The quantitative estimate of drug-likeness (QED) is 0.647. The summed E-state index contributed by atoms with van der Waals surface area (Å²) >= 11 is 7.91. The molecule has 4 nitrogen and oxygen atoms in total. The lowest BCUT2D eigenvalue weighted by molar-refractivity contribution is 0.579. The Hall–Kier alpha value is -0.820. The summed E-state index contributed by atoms with van der Waals surface area (Å²) in [6, 6.07) is 3.57. The van der Waals surface area contributed by atoms with E-state index in [1.165, 1.54) is 0 Å². The Morgan fingerprint density at radius 3 is 2.86 bits per heavy atom. The summed E-state index contributed by atoms with van der Waals surface area (Å²) in [4.78, 5) is 7.88. The zero-order valence-corrected chi connectivity index (χ0v) is 9.78. The van der Waals surface area contributed by atoms with Crippen molar-refractivity contribution in [3.63, 3.8) is 0 Å². The van der Waals surface area contributed by atoms with E-state index in [0.29, 0.717) is 16.6 Å². The standard InChI is InChI=1S/C8H5ClIN3O/c9-7-5(10)6(12-8(11)13-7)4-2-1-3-14-4/h1-3H,(H2,11,12,13). The van der Waals surface area contributed by atoms with Crippen LogP contribution in [0.15, 0.2) is 22.8 Å². The molecule has 0 aliphatic rings. The van der Waals surface area contributed by atoms with Crippen LogP contribution < -0.4 is 5.73 Å². The summed E-state index contributed by atoms with van der Waals surface area (Å²) in [6.45, 7) is 0. The number of furan rings is 1. The van der Waals surface area contributed by atoms with Crippen LogP contribution >= 0.6 is 34.2 Å². The Morgan fingerprint density at radius 2 is 2.21 bits per heavy atom. The molecule has 0 atom stereocenters. The second-order valence-electron chi connectivity index (χ2n) is 2.51. The third-order valence-corrected chi connectivity index (χ3v) is 3.20. The maximum Gasteiger partial charge on any atom is 0.222 e. The first-order chi connectivity index (χ1) is 6.68. The Kier molecular flexibility index (Phi) is 2.60. The van der Waals surface area contributed by atoms with Gasteiger partial charge < -0.3 is 10.2 Å². The van der Waals surface area contributed by atoms with Gasteiger partial charge in [0.2, 0.25) is 5.95 Å². The van der Waals surface area contributed by atoms with Gasteiger partial charge in [-0.3, -0.25) is 0 Å². The van der Waals surface area contributed by atoms with Gasteiger partial charge in [0.05, 0.1) is 9.83 Å². The van der Waals surface area contributed by atoms with Crippen molar-refractivity contribution in [3.8, 4) is 11.5 Å². The number of nitrogen functional groups attached to an aromatic ring is 1. The molecule has 6 heteroatoms. The molecule has 0 amide bonds. The van der Waals surface area contributed by atoms with Crippen LogP contribution in [0.25, 0.3) is 11.5 Å². The second kappa shape index (κ2) is 3.74. The molecule has 0 spiro atoms. The molecule has 0 unspecified atom stereocenters. The van der Waals surface area contributed by atoms with Crippen LogP contribution in [-0.2, 0) is 0 Å². The molecule has 2 N–H and O–H groups in total. The van der Waals surface area contributed by atoms with Crippen molar-refractivity contribution < 1.29 is 4.42 Å². The highest BCUT2D eigenvalue weighted by Crippen LogP contribution is 2.28. The predicted molar refractivity (Wildman–Crippen MR) is 61.9 cm³/mol. The Morgan fingerprint density at radius 1 is 1.43 bits per heavy atom. The first-order valence-corrected chi connectivity index (χ1v) is 5.16. The molecule has 0 saturated heterocycles. The van der Waals surface area contributed by atoms with Gasteiger partial charge in [-0.1, -0.05) is 11.6 Å². The predicted octanol–water partition coefficient (Wildman–Crippen LogP) is 2.58. The van der Waals surface area contributed by atoms with Crippen LogP contribution in [-0.4, -0.2) is 9.97 Å². The molecule has 2 heterocycles. The summed E-state index contributed by atoms with van der Waals surface area (Å²) in [6.07, 6.45) is 1.57. The summed E-state index contributed by atoms with van der Waals surface area (Å²) in [5, 5.41) is 0.338. The molecule has 0 aliphatic heterocycles. The highest BCUT2D eigenvalue weighted by atomic mass is 127. The van der Waals surface area contributed by atoms with E-state index in [4.69, 9.17) is 21.8 Å². The minimum Gasteiger partial charge on any atom is -0.463 e. The third-order valence-electron chi connectivity index (χ3n) is 1.58. The van der Waals surface area contributed by atoms with Crippen LogP contribution in [0.2, 0.25) is 5.15 Å². The zero-order chi connectivity index (χ0) is 10.1. The van der Waals surface area contributed by atoms with E-state index in [9.17, 15) is 0 Å². The molecule has 0 radical (unpaired) electrons. The fourth-order valence-electron chi connectivity index (χ4n) is 1.01. The SMILES string of the molecule is Nc1nc(Cl)c(I)c(-c2ccco2)n1. The van der Waals surface area contributed by atoms with Crippen LogP contribution in [0.1, 0.15) is 0 Å². The Labute approximate surface area is 98.6 Å². The van der Waals surface area contributed by atoms with Gasteiger partial charge in [-0.05, 0) is 34.7 Å². The number of hydrogen-bond acceptors (Lipinski definition) is 4. The topological polar surface area (TPSA) is 64.9 Å². The summed E-state index contributed by atoms with van der Waals surface area (Å²) in [7, 11) is 0. The molecule has 72 valence electrons. The summed E-state index contributed by atoms with van der Waals surface area (Å²) in [5.41, 5.74) is 6.10. The van der Waals surface area contributed by atoms with Gasteiger partial charge in [0.1, 0.15) is 10.8 Å². The van der Waals surface area contributed by atoms with Crippen molar-refractivity contribution in [2.45, 2.75) is 0 Å². The number of nitrogens with two attached hydrogens (primary N) is 1. The fourth-order valence-corrected chi connectivity index (χ4v) is 1.70. The molecular formula is C8H5ClIN3O. The van der Waals surface area contributed by atoms with Crippen molar-refractivity contribution >= 4 is 40.1 Å². The lowest BCUT2D eigenvalue weighted by Crippen LogP contribution is -1.99. The van der Waals surface area contributed by atoms with Gasteiger partial charge in [-0.2, -0.15) is 0 Å². The summed E-state index contributed by atoms with van der Waals surface area (Å²) in [5.74, 6) is 0.771. The third kappa shape index (κ3) is 1.69. The van der Waals surface area contributed by atoms with E-state index < -0.39 is 0 Å². The summed E-state index contributed by atoms with van der Waals surface area (Å²) < 4.78 is 5.93. The Balaban J connectivity index is 2.64. The van der Waals surface area contributed by atoms with Crippen LogP contribution in [0.4, 0.5) is 5.95 Å². The molecule has 2 aromatic rings. The van der Waals surface area contributed by atoms with Gasteiger partial charge in [0.15, 0.2) is 5.76 Å². The van der Waals surface area contributed by atoms with Crippen molar-refractivity contribution in [1.29, 1.82) is 0 Å². The number of aromatic nitrogens is 2. The minimum absolute atomic E-state index is 0.141. The first-order valence-electron chi connectivity index (χ1n) is 3.71. The average molecular weight is 322 g/mol. The number of anilines is 1. The van der Waals surface area contributed by atoms with Crippen molar-refractivity contribution in [1.82, 2.24) is 9.97 Å². The molecule has 0 fully saturated rings. The highest BCUT2D eigenvalue weighted by molar-refractivity contribution is 14.1. The van der Waals surface area contributed by atoms with Gasteiger partial charge >= 0.3 is 0 Å². The molecule has 14 heavy (non-hydrogen) atoms. The van der Waals surface area contributed by atoms with Crippen molar-refractivity contribution in [3.05, 3.63) is 27.1 Å². The molecule has 0 aromatic carbocycles. The van der Waals surface area contributed by atoms with E-state index in [-0.39, 0.29) is 5.95 Å². The monoisotopic (exact) mass is 321 g/mol. The number of rotatable bonds is 1. The van der Waals surface area contributed by atoms with Crippen molar-refractivity contribution in [2.24, 2.45) is 0 Å². The Bertz CT molecular complexity index is 458. The van der Waals surface area contributed by atoms with Gasteiger partial charge in [0, 0.05) is 0 Å². The van der Waals surface area contributed by atoms with E-state index in [1.807, 2.05) is 0 Å². The molecule has 0 bridgehead atoms. The molecular weight excluding hydrogens is 316 g/mol. The smallest absolute Gasteiger partial charge is 0.222 e. The van der Waals surface area contributed by atoms with Crippen LogP contribution in [0, 0.1) is 3.57 Å². The minimum atomic E-state index is 0.141. The largest absolute Gasteiger partial charge is 0.463 e. The fraction of sp³-hybridized carbons (Fsp3) is 0. The van der Waals surface area contributed by atoms with Gasteiger partial charge in [-0.25, -0.2) is 9.97 Å². The average Bonchev–Trinajstić information content (AvgIpc) is 2.63. The first kappa shape index (κ1) is 9.72. The molecule has 2 rings (SSSR count). The molecule has 0 aliphatic carbocycles. The lowest BCUT2D eigenvalue weighted by Gasteiger charge is -2.02. The number of nitrogens with zero attached hydrogens (tertiary/aromatic N) is 2. The zero-order valence-electron chi connectivity index (χ0n) is 6.87. The van der Waals surface area contributed by atoms with Crippen LogP contribution in [0.5, 0.6) is 0 Å². The second-order valence-corrected chi connectivity index (χ2v) is 3.95.